The van der Waals surface area contributed by atoms with E-state index in [9.17, 15) is 14.9 Å². The zero-order valence-corrected chi connectivity index (χ0v) is 13.4. The summed E-state index contributed by atoms with van der Waals surface area (Å²) in [6, 6.07) is 10.2. The molecule has 0 saturated heterocycles. The zero-order chi connectivity index (χ0) is 16.6. The van der Waals surface area contributed by atoms with Crippen LogP contribution >= 0.6 is 22.9 Å². The average Bonchev–Trinajstić information content (AvgIpc) is 2.85. The zero-order valence-electron chi connectivity index (χ0n) is 11.9. The van der Waals surface area contributed by atoms with Crippen molar-refractivity contribution in [1.29, 1.82) is 0 Å². The maximum atomic E-state index is 12.4. The summed E-state index contributed by atoms with van der Waals surface area (Å²) in [6.45, 7) is 1.51. The van der Waals surface area contributed by atoms with E-state index in [0.29, 0.717) is 9.90 Å². The molecular formula is C15H10ClN3O3S. The van der Waals surface area contributed by atoms with Crippen LogP contribution in [-0.4, -0.2) is 15.8 Å². The van der Waals surface area contributed by atoms with Crippen molar-refractivity contribution in [3.8, 4) is 0 Å². The topological polar surface area (TPSA) is 85.1 Å². The van der Waals surface area contributed by atoms with Crippen LogP contribution < -0.4 is 5.32 Å². The number of benzene rings is 1. The normalized spacial score (nSPS) is 10.7. The molecule has 3 rings (SSSR count). The molecule has 0 aliphatic rings. The highest BCUT2D eigenvalue weighted by atomic mass is 35.5. The second kappa shape index (κ2) is 5.94. The van der Waals surface area contributed by atoms with Crippen LogP contribution in [0, 0.1) is 17.0 Å². The summed E-state index contributed by atoms with van der Waals surface area (Å²) in [6.07, 6.45) is 0. The number of halogens is 1. The van der Waals surface area contributed by atoms with Crippen LogP contribution in [0.1, 0.15) is 15.4 Å². The van der Waals surface area contributed by atoms with Crippen LogP contribution in [0.2, 0.25) is 5.02 Å². The molecule has 0 saturated carbocycles. The number of carbonyl (C=O) groups excluding carboxylic acids is 1. The largest absolute Gasteiger partial charge is 0.306 e. The molecule has 0 radical (unpaired) electrons. The SMILES string of the molecule is Cc1nc(NC(=O)c2sc3ccccc3c2Cl)ccc1[N+](=O)[O-]. The number of amides is 1. The van der Waals surface area contributed by atoms with Crippen molar-refractivity contribution < 1.29 is 9.72 Å². The standard InChI is InChI=1S/C15H10ClN3O3S/c1-8-10(19(21)22)6-7-12(17-8)18-15(20)14-13(16)9-4-2-3-5-11(9)23-14/h2-7H,1H3,(H,17,18,20). The van der Waals surface area contributed by atoms with Gasteiger partial charge in [-0.1, -0.05) is 29.8 Å². The Hall–Kier alpha value is -2.51. The lowest BCUT2D eigenvalue weighted by Crippen LogP contribution is -2.12. The lowest BCUT2D eigenvalue weighted by Gasteiger charge is -2.04. The lowest BCUT2D eigenvalue weighted by molar-refractivity contribution is -0.385. The van der Waals surface area contributed by atoms with E-state index < -0.39 is 10.8 Å². The third-order valence-corrected chi connectivity index (χ3v) is 4.91. The molecule has 0 atom stereocenters. The molecule has 23 heavy (non-hydrogen) atoms. The smallest absolute Gasteiger partial charge is 0.290 e. The Morgan fingerprint density at radius 2 is 2.04 bits per heavy atom. The first kappa shape index (κ1) is 15.4. The molecule has 1 aromatic carbocycles. The maximum Gasteiger partial charge on any atom is 0.290 e. The van der Waals surface area contributed by atoms with Crippen LogP contribution in [0.5, 0.6) is 0 Å². The highest BCUT2D eigenvalue weighted by Crippen LogP contribution is 2.35. The summed E-state index contributed by atoms with van der Waals surface area (Å²) >= 11 is 7.54. The van der Waals surface area contributed by atoms with E-state index >= 15 is 0 Å². The van der Waals surface area contributed by atoms with Gasteiger partial charge in [-0.2, -0.15) is 0 Å². The quantitative estimate of drug-likeness (QED) is 0.561. The van der Waals surface area contributed by atoms with Gasteiger partial charge >= 0.3 is 0 Å². The van der Waals surface area contributed by atoms with E-state index in [1.54, 1.807) is 0 Å². The molecule has 8 heteroatoms. The summed E-state index contributed by atoms with van der Waals surface area (Å²) in [4.78, 5) is 27.1. The van der Waals surface area contributed by atoms with E-state index in [-0.39, 0.29) is 17.2 Å². The van der Waals surface area contributed by atoms with E-state index in [2.05, 4.69) is 10.3 Å². The monoisotopic (exact) mass is 347 g/mol. The minimum absolute atomic E-state index is 0.0945. The maximum absolute atomic E-state index is 12.4. The Kier molecular flexibility index (Phi) is 3.97. The predicted octanol–water partition coefficient (Wildman–Crippen LogP) is 4.42. The molecule has 0 fully saturated rings. The fourth-order valence-corrected chi connectivity index (χ4v) is 3.56. The Balaban J connectivity index is 1.90. The summed E-state index contributed by atoms with van der Waals surface area (Å²) < 4.78 is 0.912. The van der Waals surface area contributed by atoms with Crippen LogP contribution in [0.25, 0.3) is 10.1 Å². The Labute approximate surface area is 139 Å². The number of aryl methyl sites for hydroxylation is 1. The van der Waals surface area contributed by atoms with Crippen molar-refractivity contribution in [1.82, 2.24) is 4.98 Å². The third-order valence-electron chi connectivity index (χ3n) is 3.24. The van der Waals surface area contributed by atoms with E-state index in [4.69, 9.17) is 11.6 Å². The number of thiophene rings is 1. The van der Waals surface area contributed by atoms with Crippen LogP contribution in [-0.2, 0) is 0 Å². The number of hydrogen-bond donors (Lipinski definition) is 1. The molecule has 1 amide bonds. The summed E-state index contributed by atoms with van der Waals surface area (Å²) in [5, 5.41) is 14.6. The number of aromatic nitrogens is 1. The van der Waals surface area contributed by atoms with E-state index in [0.717, 1.165) is 10.1 Å². The van der Waals surface area contributed by atoms with Crippen molar-refractivity contribution in [2.24, 2.45) is 0 Å². The molecule has 0 unspecified atom stereocenters. The molecule has 0 bridgehead atoms. The number of nitro groups is 1. The van der Waals surface area contributed by atoms with Gasteiger partial charge in [0.25, 0.3) is 11.6 Å². The fourth-order valence-electron chi connectivity index (χ4n) is 2.15. The summed E-state index contributed by atoms with van der Waals surface area (Å²) in [5.74, 6) is -0.149. The number of fused-ring (bicyclic) bond motifs is 1. The first-order valence-electron chi connectivity index (χ1n) is 6.58. The molecule has 0 aliphatic heterocycles. The van der Waals surface area contributed by atoms with Gasteiger partial charge in [-0.05, 0) is 19.1 Å². The van der Waals surface area contributed by atoms with Crippen molar-refractivity contribution in [2.75, 3.05) is 5.32 Å². The molecule has 116 valence electrons. The van der Waals surface area contributed by atoms with Gasteiger partial charge in [-0.3, -0.25) is 14.9 Å². The van der Waals surface area contributed by atoms with Gasteiger partial charge in [0.15, 0.2) is 0 Å². The Morgan fingerprint density at radius 1 is 1.30 bits per heavy atom. The minimum atomic E-state index is -0.517. The van der Waals surface area contributed by atoms with Crippen LogP contribution in [0.4, 0.5) is 11.5 Å². The van der Waals surface area contributed by atoms with Crippen molar-refractivity contribution >= 4 is 50.4 Å². The number of anilines is 1. The average molecular weight is 348 g/mol. The molecule has 0 aliphatic carbocycles. The second-order valence-electron chi connectivity index (χ2n) is 4.75. The van der Waals surface area contributed by atoms with Gasteiger partial charge in [-0.15, -0.1) is 11.3 Å². The number of hydrogen-bond acceptors (Lipinski definition) is 5. The number of rotatable bonds is 3. The molecule has 2 heterocycles. The molecule has 3 aromatic rings. The van der Waals surface area contributed by atoms with Gasteiger partial charge in [0, 0.05) is 16.2 Å². The Bertz CT molecular complexity index is 939. The van der Waals surface area contributed by atoms with Crippen LogP contribution in [0.3, 0.4) is 0 Å². The number of nitrogens with one attached hydrogen (secondary N) is 1. The van der Waals surface area contributed by atoms with E-state index in [1.165, 1.54) is 30.4 Å². The van der Waals surface area contributed by atoms with Gasteiger partial charge in [0.2, 0.25) is 0 Å². The first-order chi connectivity index (χ1) is 11.0. The lowest BCUT2D eigenvalue weighted by atomic mass is 10.2. The minimum Gasteiger partial charge on any atom is -0.306 e. The second-order valence-corrected chi connectivity index (χ2v) is 6.18. The Morgan fingerprint density at radius 3 is 2.70 bits per heavy atom. The first-order valence-corrected chi connectivity index (χ1v) is 7.77. The molecular weight excluding hydrogens is 338 g/mol. The fraction of sp³-hybridized carbons (Fsp3) is 0.0667. The number of nitrogens with zero attached hydrogens (tertiary/aromatic N) is 2. The van der Waals surface area contributed by atoms with Crippen molar-refractivity contribution in [3.05, 3.63) is 62.1 Å². The molecule has 2 aromatic heterocycles. The van der Waals surface area contributed by atoms with Gasteiger partial charge in [-0.25, -0.2) is 4.98 Å². The van der Waals surface area contributed by atoms with Gasteiger partial charge < -0.3 is 5.32 Å². The molecule has 0 spiro atoms. The highest BCUT2D eigenvalue weighted by molar-refractivity contribution is 7.21. The van der Waals surface area contributed by atoms with E-state index in [1.807, 2.05) is 24.3 Å². The number of pyridine rings is 1. The number of carbonyl (C=O) groups is 1. The van der Waals surface area contributed by atoms with Crippen molar-refractivity contribution in [2.45, 2.75) is 6.92 Å². The third kappa shape index (κ3) is 2.88. The highest BCUT2D eigenvalue weighted by Gasteiger charge is 2.18. The predicted molar refractivity (Wildman–Crippen MR) is 90.4 cm³/mol. The van der Waals surface area contributed by atoms with Crippen LogP contribution in [0.15, 0.2) is 36.4 Å². The van der Waals surface area contributed by atoms with Gasteiger partial charge in [0.05, 0.1) is 9.95 Å². The summed E-state index contributed by atoms with van der Waals surface area (Å²) in [7, 11) is 0. The van der Waals surface area contributed by atoms with Gasteiger partial charge in [0.1, 0.15) is 16.4 Å². The molecule has 1 N–H and O–H groups in total. The molecule has 6 nitrogen and oxygen atoms in total. The summed E-state index contributed by atoms with van der Waals surface area (Å²) in [5.41, 5.74) is 0.137. The van der Waals surface area contributed by atoms with Crippen molar-refractivity contribution in [3.63, 3.8) is 0 Å².